The van der Waals surface area contributed by atoms with E-state index in [-0.39, 0.29) is 30.5 Å². The summed E-state index contributed by atoms with van der Waals surface area (Å²) < 4.78 is 5.83. The lowest BCUT2D eigenvalue weighted by atomic mass is 9.98. The average molecular weight is 423 g/mol. The molecule has 1 unspecified atom stereocenters. The lowest BCUT2D eigenvalue weighted by Crippen LogP contribution is -2.49. The quantitative estimate of drug-likeness (QED) is 0.695. The van der Waals surface area contributed by atoms with Crippen LogP contribution in [-0.4, -0.2) is 47.2 Å². The molecule has 7 heteroatoms. The van der Waals surface area contributed by atoms with E-state index in [1.165, 1.54) is 22.3 Å². The molecule has 0 bridgehead atoms. The van der Waals surface area contributed by atoms with Gasteiger partial charge >= 0.3 is 6.09 Å². The molecule has 1 atom stereocenters. The predicted octanol–water partition coefficient (Wildman–Crippen LogP) is 3.79. The number of rotatable bonds is 3. The first kappa shape index (κ1) is 20.3. The lowest BCUT2D eigenvalue weighted by molar-refractivity contribution is 0.0733. The monoisotopic (exact) mass is 422 g/mol. The summed E-state index contributed by atoms with van der Waals surface area (Å²) in [6.07, 6.45) is 3.09. The van der Waals surface area contributed by atoms with Gasteiger partial charge in [0.25, 0.3) is 0 Å². The zero-order chi connectivity index (χ0) is 19.6. The number of piperazine rings is 1. The van der Waals surface area contributed by atoms with Gasteiger partial charge < -0.3 is 10.1 Å². The summed E-state index contributed by atoms with van der Waals surface area (Å²) in [6, 6.07) is 18.3. The normalized spacial score (nSPS) is 17.6. The standard InChI is InChI=1S/C23H22N4O2.ClH/c28-23(27-13-12-24-14-21(27)22-25-10-5-11-26-22)29-15-20-18-8-3-1-6-16(18)17-7-2-4-9-19(17)20;/h1-11,20-21,24H,12-15H2;1H. The fourth-order valence-electron chi connectivity index (χ4n) is 4.31. The van der Waals surface area contributed by atoms with E-state index < -0.39 is 0 Å². The highest BCUT2D eigenvalue weighted by molar-refractivity contribution is 5.85. The van der Waals surface area contributed by atoms with E-state index in [0.717, 1.165) is 6.54 Å². The average Bonchev–Trinajstić information content (AvgIpc) is 3.12. The Hall–Kier alpha value is -2.96. The topological polar surface area (TPSA) is 67.3 Å². The Kier molecular flexibility index (Phi) is 5.97. The molecule has 2 aromatic carbocycles. The summed E-state index contributed by atoms with van der Waals surface area (Å²) in [5.74, 6) is 0.689. The molecule has 1 fully saturated rings. The molecular weight excluding hydrogens is 400 g/mol. The highest BCUT2D eigenvalue weighted by Gasteiger charge is 2.33. The van der Waals surface area contributed by atoms with E-state index in [9.17, 15) is 4.79 Å². The molecular formula is C23H23ClN4O2. The number of halogens is 1. The highest BCUT2D eigenvalue weighted by atomic mass is 35.5. The number of carbonyl (C=O) groups is 1. The van der Waals surface area contributed by atoms with Gasteiger partial charge in [-0.3, -0.25) is 4.90 Å². The Morgan fingerprint density at radius 3 is 2.30 bits per heavy atom. The van der Waals surface area contributed by atoms with Crippen LogP contribution >= 0.6 is 12.4 Å². The maximum absolute atomic E-state index is 13.0. The second-order valence-corrected chi connectivity index (χ2v) is 7.32. The van der Waals surface area contributed by atoms with Crippen LogP contribution in [0, 0.1) is 0 Å². The van der Waals surface area contributed by atoms with Crippen LogP contribution in [0.5, 0.6) is 0 Å². The fraction of sp³-hybridized carbons (Fsp3) is 0.261. The Morgan fingerprint density at radius 1 is 1.00 bits per heavy atom. The van der Waals surface area contributed by atoms with Gasteiger partial charge in [0.15, 0.2) is 5.82 Å². The van der Waals surface area contributed by atoms with Crippen molar-refractivity contribution in [3.05, 3.63) is 83.9 Å². The number of aromatic nitrogens is 2. The number of ether oxygens (including phenoxy) is 1. The maximum Gasteiger partial charge on any atom is 0.410 e. The summed E-state index contributed by atoms with van der Waals surface area (Å²) >= 11 is 0. The number of nitrogens with zero attached hydrogens (tertiary/aromatic N) is 3. The highest BCUT2D eigenvalue weighted by Crippen LogP contribution is 2.44. The minimum atomic E-state index is -0.314. The van der Waals surface area contributed by atoms with Crippen LogP contribution in [0.4, 0.5) is 4.79 Å². The zero-order valence-electron chi connectivity index (χ0n) is 16.4. The molecule has 154 valence electrons. The van der Waals surface area contributed by atoms with Crippen molar-refractivity contribution in [2.45, 2.75) is 12.0 Å². The van der Waals surface area contributed by atoms with Crippen molar-refractivity contribution < 1.29 is 9.53 Å². The summed E-state index contributed by atoms with van der Waals surface area (Å²) in [4.78, 5) is 23.4. The minimum Gasteiger partial charge on any atom is -0.448 e. The molecule has 0 radical (unpaired) electrons. The summed E-state index contributed by atoms with van der Waals surface area (Å²) in [5, 5.41) is 3.31. The molecule has 1 aliphatic carbocycles. The van der Waals surface area contributed by atoms with E-state index >= 15 is 0 Å². The van der Waals surface area contributed by atoms with Gasteiger partial charge in [-0.1, -0.05) is 48.5 Å². The second-order valence-electron chi connectivity index (χ2n) is 7.32. The Morgan fingerprint density at radius 2 is 1.63 bits per heavy atom. The Balaban J connectivity index is 0.00000218. The van der Waals surface area contributed by atoms with Gasteiger partial charge in [-0.2, -0.15) is 0 Å². The molecule has 1 aliphatic heterocycles. The maximum atomic E-state index is 13.0. The summed E-state index contributed by atoms with van der Waals surface area (Å²) in [7, 11) is 0. The molecule has 2 heterocycles. The second kappa shape index (κ2) is 8.81. The van der Waals surface area contributed by atoms with Gasteiger partial charge in [0.2, 0.25) is 0 Å². The first-order chi connectivity index (χ1) is 14.3. The van der Waals surface area contributed by atoms with Crippen molar-refractivity contribution in [3.8, 4) is 11.1 Å². The molecule has 5 rings (SSSR count). The third-order valence-electron chi connectivity index (χ3n) is 5.70. The van der Waals surface area contributed by atoms with Crippen molar-refractivity contribution >= 4 is 18.5 Å². The fourth-order valence-corrected chi connectivity index (χ4v) is 4.31. The Labute approximate surface area is 181 Å². The largest absolute Gasteiger partial charge is 0.448 e. The third-order valence-corrected chi connectivity index (χ3v) is 5.70. The van der Waals surface area contributed by atoms with E-state index in [1.807, 2.05) is 12.1 Å². The van der Waals surface area contributed by atoms with Gasteiger partial charge in [0.05, 0.1) is 0 Å². The molecule has 6 nitrogen and oxygen atoms in total. The molecule has 1 saturated heterocycles. The van der Waals surface area contributed by atoms with Crippen LogP contribution in [-0.2, 0) is 4.74 Å². The van der Waals surface area contributed by atoms with Gasteiger partial charge in [-0.05, 0) is 28.3 Å². The van der Waals surface area contributed by atoms with Crippen LogP contribution in [0.2, 0.25) is 0 Å². The van der Waals surface area contributed by atoms with E-state index in [1.54, 1.807) is 23.4 Å². The molecule has 1 amide bonds. The zero-order valence-corrected chi connectivity index (χ0v) is 17.2. The van der Waals surface area contributed by atoms with E-state index in [4.69, 9.17) is 4.74 Å². The number of amides is 1. The van der Waals surface area contributed by atoms with E-state index in [0.29, 0.717) is 25.5 Å². The first-order valence-electron chi connectivity index (χ1n) is 9.92. The predicted molar refractivity (Wildman–Crippen MR) is 117 cm³/mol. The number of hydrogen-bond donors (Lipinski definition) is 1. The van der Waals surface area contributed by atoms with Gasteiger partial charge in [0, 0.05) is 37.9 Å². The molecule has 30 heavy (non-hydrogen) atoms. The van der Waals surface area contributed by atoms with Crippen LogP contribution in [0.25, 0.3) is 11.1 Å². The van der Waals surface area contributed by atoms with Crippen LogP contribution in [0.1, 0.15) is 28.9 Å². The molecule has 3 aromatic rings. The van der Waals surface area contributed by atoms with Gasteiger partial charge in [-0.25, -0.2) is 14.8 Å². The molecule has 0 saturated carbocycles. The number of benzene rings is 2. The van der Waals surface area contributed by atoms with Gasteiger partial charge in [0.1, 0.15) is 12.6 Å². The molecule has 1 N–H and O–H groups in total. The summed E-state index contributed by atoms with van der Waals surface area (Å²) in [6.45, 7) is 2.24. The molecule has 2 aliphatic rings. The number of hydrogen-bond acceptors (Lipinski definition) is 5. The van der Waals surface area contributed by atoms with Gasteiger partial charge in [-0.15, -0.1) is 12.4 Å². The minimum absolute atomic E-state index is 0. The van der Waals surface area contributed by atoms with Crippen molar-refractivity contribution in [1.82, 2.24) is 20.2 Å². The molecule has 0 spiro atoms. The lowest BCUT2D eigenvalue weighted by Gasteiger charge is -2.34. The van der Waals surface area contributed by atoms with Crippen LogP contribution in [0.15, 0.2) is 67.0 Å². The number of fused-ring (bicyclic) bond motifs is 3. The van der Waals surface area contributed by atoms with Crippen LogP contribution < -0.4 is 5.32 Å². The molecule has 1 aromatic heterocycles. The Bertz CT molecular complexity index is 985. The smallest absolute Gasteiger partial charge is 0.410 e. The van der Waals surface area contributed by atoms with Crippen LogP contribution in [0.3, 0.4) is 0 Å². The first-order valence-corrected chi connectivity index (χ1v) is 9.92. The number of nitrogens with one attached hydrogen (secondary N) is 1. The summed E-state index contributed by atoms with van der Waals surface area (Å²) in [5.41, 5.74) is 4.87. The van der Waals surface area contributed by atoms with Crippen molar-refractivity contribution in [2.24, 2.45) is 0 Å². The third kappa shape index (κ3) is 3.64. The van der Waals surface area contributed by atoms with Crippen molar-refractivity contribution in [1.29, 1.82) is 0 Å². The SMILES string of the molecule is Cl.O=C(OCC1c2ccccc2-c2ccccc21)N1CCNCC1c1ncccn1. The van der Waals surface area contributed by atoms with Crippen molar-refractivity contribution in [3.63, 3.8) is 0 Å². The number of carbonyl (C=O) groups excluding carboxylic acids is 1. The van der Waals surface area contributed by atoms with E-state index in [2.05, 4.69) is 51.7 Å². The van der Waals surface area contributed by atoms with Crippen molar-refractivity contribution in [2.75, 3.05) is 26.2 Å².